The lowest BCUT2D eigenvalue weighted by molar-refractivity contribution is 0.112. The number of benzene rings is 1. The molecule has 1 aliphatic heterocycles. The van der Waals surface area contributed by atoms with Gasteiger partial charge in [0.25, 0.3) is 0 Å². The Labute approximate surface area is 104 Å². The Hall–Kier alpha value is -1.31. The van der Waals surface area contributed by atoms with E-state index in [2.05, 4.69) is 24.0 Å². The van der Waals surface area contributed by atoms with Gasteiger partial charge in [0, 0.05) is 23.8 Å². The Bertz CT molecular complexity index is 400. The molecule has 0 bridgehead atoms. The van der Waals surface area contributed by atoms with Crippen LogP contribution in [0.2, 0.25) is 0 Å². The molecule has 0 radical (unpaired) electrons. The molecular formula is C15H21NO. The zero-order valence-electron chi connectivity index (χ0n) is 10.8. The van der Waals surface area contributed by atoms with Gasteiger partial charge in [-0.05, 0) is 44.7 Å². The molecule has 1 fully saturated rings. The van der Waals surface area contributed by atoms with Gasteiger partial charge in [-0.15, -0.1) is 0 Å². The van der Waals surface area contributed by atoms with E-state index in [0.29, 0.717) is 6.04 Å². The number of carbonyl (C=O) groups excluding carboxylic acids is 1. The average Bonchev–Trinajstić information content (AvgIpc) is 2.38. The van der Waals surface area contributed by atoms with Crippen molar-refractivity contribution in [2.24, 2.45) is 0 Å². The van der Waals surface area contributed by atoms with Crippen LogP contribution in [0.5, 0.6) is 0 Å². The van der Waals surface area contributed by atoms with E-state index >= 15 is 0 Å². The molecule has 1 aromatic rings. The van der Waals surface area contributed by atoms with E-state index in [9.17, 15) is 4.79 Å². The summed E-state index contributed by atoms with van der Waals surface area (Å²) >= 11 is 0. The Kier molecular flexibility index (Phi) is 3.82. The molecule has 2 nitrogen and oxygen atoms in total. The van der Waals surface area contributed by atoms with Crippen molar-refractivity contribution in [3.8, 4) is 0 Å². The second-order valence-corrected chi connectivity index (χ2v) is 4.93. The van der Waals surface area contributed by atoms with Crippen molar-refractivity contribution in [3.63, 3.8) is 0 Å². The molecule has 2 heteroatoms. The third-order valence-electron chi connectivity index (χ3n) is 3.72. The Morgan fingerprint density at radius 1 is 1.41 bits per heavy atom. The predicted octanol–water partition coefficient (Wildman–Crippen LogP) is 3.58. The first kappa shape index (κ1) is 12.2. The van der Waals surface area contributed by atoms with Gasteiger partial charge in [0.05, 0.1) is 0 Å². The van der Waals surface area contributed by atoms with E-state index in [1.165, 1.54) is 19.3 Å². The van der Waals surface area contributed by atoms with Crippen LogP contribution in [0.25, 0.3) is 0 Å². The molecule has 1 saturated heterocycles. The van der Waals surface area contributed by atoms with Crippen molar-refractivity contribution >= 4 is 12.0 Å². The second-order valence-electron chi connectivity index (χ2n) is 4.93. The number of carbonyl (C=O) groups is 1. The van der Waals surface area contributed by atoms with Crippen LogP contribution in [-0.2, 0) is 0 Å². The molecule has 17 heavy (non-hydrogen) atoms. The number of aryl methyl sites for hydroxylation is 1. The molecule has 1 aliphatic rings. The molecule has 1 aromatic carbocycles. The zero-order valence-corrected chi connectivity index (χ0v) is 10.8. The first-order chi connectivity index (χ1) is 8.26. The Morgan fingerprint density at radius 3 is 2.94 bits per heavy atom. The van der Waals surface area contributed by atoms with Crippen LogP contribution >= 0.6 is 0 Å². The molecule has 92 valence electrons. The monoisotopic (exact) mass is 231 g/mol. The summed E-state index contributed by atoms with van der Waals surface area (Å²) in [6.45, 7) is 5.35. The highest BCUT2D eigenvalue weighted by Crippen LogP contribution is 2.29. The maximum Gasteiger partial charge on any atom is 0.152 e. The minimum atomic E-state index is 0.602. The molecule has 0 spiro atoms. The number of hydrogen-bond acceptors (Lipinski definition) is 2. The number of anilines is 1. The van der Waals surface area contributed by atoms with E-state index in [-0.39, 0.29) is 0 Å². The van der Waals surface area contributed by atoms with Gasteiger partial charge >= 0.3 is 0 Å². The lowest BCUT2D eigenvalue weighted by atomic mass is 9.97. The summed E-state index contributed by atoms with van der Waals surface area (Å²) in [6.07, 6.45) is 5.96. The smallest absolute Gasteiger partial charge is 0.152 e. The van der Waals surface area contributed by atoms with E-state index < -0.39 is 0 Å². The molecule has 0 N–H and O–H groups in total. The van der Waals surface area contributed by atoms with Crippen LogP contribution in [0.1, 0.15) is 48.5 Å². The second kappa shape index (κ2) is 5.35. The van der Waals surface area contributed by atoms with Crippen molar-refractivity contribution in [2.45, 2.75) is 45.6 Å². The van der Waals surface area contributed by atoms with Gasteiger partial charge in [-0.25, -0.2) is 0 Å². The van der Waals surface area contributed by atoms with Gasteiger partial charge in [0.1, 0.15) is 0 Å². The number of piperidine rings is 1. The summed E-state index contributed by atoms with van der Waals surface area (Å²) in [5.74, 6) is 0. The van der Waals surface area contributed by atoms with E-state index in [4.69, 9.17) is 0 Å². The first-order valence-electron chi connectivity index (χ1n) is 6.58. The van der Waals surface area contributed by atoms with Gasteiger partial charge in [-0.3, -0.25) is 4.79 Å². The topological polar surface area (TPSA) is 20.3 Å². The standard InChI is InChI=1S/C15H21NO/c1-3-14-6-4-5-9-16(14)15-8-7-12(2)10-13(15)11-17/h7-8,10-11,14H,3-6,9H2,1-2H3. The average molecular weight is 231 g/mol. The summed E-state index contributed by atoms with van der Waals surface area (Å²) in [5.41, 5.74) is 3.11. The van der Waals surface area contributed by atoms with Crippen LogP contribution in [0.3, 0.4) is 0 Å². The largest absolute Gasteiger partial charge is 0.368 e. The van der Waals surface area contributed by atoms with Gasteiger partial charge in [0.15, 0.2) is 6.29 Å². The summed E-state index contributed by atoms with van der Waals surface area (Å²) in [7, 11) is 0. The van der Waals surface area contributed by atoms with Gasteiger partial charge in [-0.2, -0.15) is 0 Å². The first-order valence-corrected chi connectivity index (χ1v) is 6.58. The van der Waals surface area contributed by atoms with Crippen molar-refractivity contribution < 1.29 is 4.79 Å². The zero-order chi connectivity index (χ0) is 12.3. The molecule has 0 amide bonds. The summed E-state index contributed by atoms with van der Waals surface area (Å²) in [4.78, 5) is 13.6. The highest BCUT2D eigenvalue weighted by molar-refractivity contribution is 5.85. The number of rotatable bonds is 3. The highest BCUT2D eigenvalue weighted by Gasteiger charge is 2.22. The Morgan fingerprint density at radius 2 is 2.24 bits per heavy atom. The van der Waals surface area contributed by atoms with E-state index in [0.717, 1.165) is 36.1 Å². The van der Waals surface area contributed by atoms with Crippen LogP contribution in [0.15, 0.2) is 18.2 Å². The lowest BCUT2D eigenvalue weighted by Crippen LogP contribution is -2.39. The highest BCUT2D eigenvalue weighted by atomic mass is 16.1. The van der Waals surface area contributed by atoms with Crippen LogP contribution < -0.4 is 4.90 Å². The van der Waals surface area contributed by atoms with Crippen LogP contribution in [0, 0.1) is 6.92 Å². The molecule has 0 aliphatic carbocycles. The fraction of sp³-hybridized carbons (Fsp3) is 0.533. The van der Waals surface area contributed by atoms with Gasteiger partial charge in [-0.1, -0.05) is 18.6 Å². The van der Waals surface area contributed by atoms with Gasteiger partial charge in [0.2, 0.25) is 0 Å². The van der Waals surface area contributed by atoms with Crippen molar-refractivity contribution in [1.82, 2.24) is 0 Å². The minimum absolute atomic E-state index is 0.602. The van der Waals surface area contributed by atoms with E-state index in [1.807, 2.05) is 13.0 Å². The molecule has 0 saturated carbocycles. The summed E-state index contributed by atoms with van der Waals surface area (Å²) in [6, 6.07) is 6.80. The number of hydrogen-bond donors (Lipinski definition) is 0. The minimum Gasteiger partial charge on any atom is -0.368 e. The summed E-state index contributed by atoms with van der Waals surface area (Å²) < 4.78 is 0. The molecule has 1 unspecified atom stereocenters. The SMILES string of the molecule is CCC1CCCCN1c1ccc(C)cc1C=O. The van der Waals surface area contributed by atoms with Crippen LogP contribution in [0.4, 0.5) is 5.69 Å². The fourth-order valence-electron chi connectivity index (χ4n) is 2.77. The Balaban J connectivity index is 2.34. The quantitative estimate of drug-likeness (QED) is 0.741. The predicted molar refractivity (Wildman–Crippen MR) is 71.8 cm³/mol. The van der Waals surface area contributed by atoms with Crippen molar-refractivity contribution in [1.29, 1.82) is 0 Å². The maximum atomic E-state index is 11.2. The fourth-order valence-corrected chi connectivity index (χ4v) is 2.77. The molecule has 0 aromatic heterocycles. The number of aldehydes is 1. The van der Waals surface area contributed by atoms with Crippen molar-refractivity contribution in [3.05, 3.63) is 29.3 Å². The third kappa shape index (κ3) is 2.51. The van der Waals surface area contributed by atoms with Crippen LogP contribution in [-0.4, -0.2) is 18.9 Å². The third-order valence-corrected chi connectivity index (χ3v) is 3.72. The maximum absolute atomic E-state index is 11.2. The molecule has 2 rings (SSSR count). The molecular weight excluding hydrogens is 210 g/mol. The normalized spacial score (nSPS) is 20.4. The number of nitrogens with zero attached hydrogens (tertiary/aromatic N) is 1. The van der Waals surface area contributed by atoms with Gasteiger partial charge < -0.3 is 4.90 Å². The molecule has 1 atom stereocenters. The lowest BCUT2D eigenvalue weighted by Gasteiger charge is -2.38. The van der Waals surface area contributed by atoms with E-state index in [1.54, 1.807) is 0 Å². The van der Waals surface area contributed by atoms with Crippen molar-refractivity contribution in [2.75, 3.05) is 11.4 Å². The molecule has 1 heterocycles. The summed E-state index contributed by atoms with van der Waals surface area (Å²) in [5, 5.41) is 0.